The van der Waals surface area contributed by atoms with Gasteiger partial charge in [-0.05, 0) is 36.1 Å². The molecule has 0 saturated carbocycles. The fraction of sp³-hybridized carbons (Fsp3) is 0.652. The van der Waals surface area contributed by atoms with Gasteiger partial charge in [-0.1, -0.05) is 94.1 Å². The van der Waals surface area contributed by atoms with Gasteiger partial charge in [0.05, 0.1) is 0 Å². The maximum Gasteiger partial charge on any atom is 0.224 e. The first kappa shape index (κ1) is 19.9. The molecule has 1 N–H and O–H groups in total. The average molecular weight is 367 g/mol. The van der Waals surface area contributed by atoms with Crippen LogP contribution in [0.4, 0.5) is 0 Å². The number of benzene rings is 1. The molecule has 1 aromatic carbocycles. The lowest BCUT2D eigenvalue weighted by Gasteiger charge is -2.41. The normalized spacial score (nSPS) is 27.7. The van der Waals surface area contributed by atoms with Crippen LogP contribution in [0.15, 0.2) is 42.5 Å². The van der Waals surface area contributed by atoms with E-state index in [1.54, 1.807) is 0 Å². The molecular weight excluding hydrogens is 329 g/mol. The fourth-order valence-corrected chi connectivity index (χ4v) is 9.10. The largest absolute Gasteiger partial charge is 0.349 e. The summed E-state index contributed by atoms with van der Waals surface area (Å²) in [5, 5.41) is 4.25. The van der Waals surface area contributed by atoms with Gasteiger partial charge in [0.1, 0.15) is 0 Å². The van der Waals surface area contributed by atoms with Gasteiger partial charge >= 0.3 is 0 Å². The molecule has 2 aliphatic rings. The molecular formula is C23H38BNSi. The molecule has 2 saturated heterocycles. The molecule has 2 fully saturated rings. The molecule has 0 unspecified atom stereocenters. The molecule has 0 aromatic heterocycles. The second-order valence-electron chi connectivity index (χ2n) is 10.1. The van der Waals surface area contributed by atoms with E-state index in [-0.39, 0.29) is 0 Å². The van der Waals surface area contributed by atoms with Crippen molar-refractivity contribution >= 4 is 14.9 Å². The fourth-order valence-electron chi connectivity index (χ4n) is 5.90. The summed E-state index contributed by atoms with van der Waals surface area (Å²) in [6.07, 6.45) is 9.76. The Labute approximate surface area is 163 Å². The van der Waals surface area contributed by atoms with E-state index in [2.05, 4.69) is 68.7 Å². The van der Waals surface area contributed by atoms with Gasteiger partial charge in [-0.25, -0.2) is 0 Å². The summed E-state index contributed by atoms with van der Waals surface area (Å²) in [4.78, 5) is 0. The van der Waals surface area contributed by atoms with Gasteiger partial charge in [-0.2, -0.15) is 0 Å². The summed E-state index contributed by atoms with van der Waals surface area (Å²) in [7, 11) is -1.23. The average Bonchev–Trinajstić information content (AvgIpc) is 2.82. The van der Waals surface area contributed by atoms with Crippen LogP contribution in [0.2, 0.25) is 30.9 Å². The maximum absolute atomic E-state index is 4.25. The molecule has 2 aliphatic heterocycles. The van der Waals surface area contributed by atoms with Crippen molar-refractivity contribution < 1.29 is 0 Å². The molecule has 2 heterocycles. The maximum atomic E-state index is 4.25. The zero-order valence-corrected chi connectivity index (χ0v) is 18.4. The minimum Gasteiger partial charge on any atom is -0.349 e. The Kier molecular flexibility index (Phi) is 6.50. The Hall–Kier alpha value is -0.798. The van der Waals surface area contributed by atoms with Crippen LogP contribution in [0.1, 0.15) is 63.5 Å². The van der Waals surface area contributed by atoms with E-state index in [1.165, 1.54) is 49.7 Å². The number of hydrogen-bond donors (Lipinski definition) is 1. The van der Waals surface area contributed by atoms with Crippen molar-refractivity contribution in [3.8, 4) is 0 Å². The van der Waals surface area contributed by atoms with Crippen molar-refractivity contribution in [3.05, 3.63) is 48.0 Å². The van der Waals surface area contributed by atoms with Gasteiger partial charge in [-0.3, -0.25) is 0 Å². The summed E-state index contributed by atoms with van der Waals surface area (Å²) in [6.45, 7) is 15.0. The molecule has 26 heavy (non-hydrogen) atoms. The van der Waals surface area contributed by atoms with Crippen LogP contribution in [0.5, 0.6) is 0 Å². The first-order valence-corrected chi connectivity index (χ1v) is 14.4. The number of rotatable bonds is 6. The number of fused-ring (bicyclic) bond motifs is 3. The van der Waals surface area contributed by atoms with Crippen LogP contribution in [-0.4, -0.2) is 14.9 Å². The smallest absolute Gasteiger partial charge is 0.224 e. The molecule has 2 bridgehead atoms. The summed E-state index contributed by atoms with van der Waals surface area (Å²) in [5.41, 5.74) is 3.63. The standard InChI is InChI=1S/C23H38BNSi/c1-18(2)17-22(19-11-7-6-8-12-19)25-24-21-15-9-13-20(14-10-16-21)23(24)26(3,4)5/h6-8,11-12,20-23,25H,1,9-10,13-17H2,2-5H3/t20?,21?,22-,23+/m1/s1. The third-order valence-electron chi connectivity index (χ3n) is 6.85. The summed E-state index contributed by atoms with van der Waals surface area (Å²) < 4.78 is 0. The van der Waals surface area contributed by atoms with E-state index in [0.717, 1.165) is 23.6 Å². The molecule has 3 heteroatoms. The Morgan fingerprint density at radius 3 is 2.27 bits per heavy atom. The number of nitrogens with one attached hydrogen (secondary N) is 1. The predicted molar refractivity (Wildman–Crippen MR) is 120 cm³/mol. The van der Waals surface area contributed by atoms with E-state index in [1.807, 2.05) is 0 Å². The van der Waals surface area contributed by atoms with Gasteiger partial charge in [0.2, 0.25) is 6.85 Å². The van der Waals surface area contributed by atoms with Crippen molar-refractivity contribution in [2.45, 2.75) is 88.8 Å². The van der Waals surface area contributed by atoms with Gasteiger partial charge in [-0.15, -0.1) is 6.58 Å². The Balaban J connectivity index is 1.92. The summed E-state index contributed by atoms with van der Waals surface area (Å²) in [5.74, 6) is 1.82. The predicted octanol–water partition coefficient (Wildman–Crippen LogP) is 6.88. The lowest BCUT2D eigenvalue weighted by Crippen LogP contribution is -2.52. The van der Waals surface area contributed by atoms with Crippen LogP contribution in [-0.2, 0) is 0 Å². The Bertz CT molecular complexity index is 584. The second kappa shape index (κ2) is 8.48. The van der Waals surface area contributed by atoms with Crippen LogP contribution >= 0.6 is 0 Å². The minimum atomic E-state index is -1.23. The number of hydrogen-bond acceptors (Lipinski definition) is 1. The van der Waals surface area contributed by atoms with Gasteiger partial charge < -0.3 is 5.23 Å². The molecule has 3 rings (SSSR count). The van der Waals surface area contributed by atoms with E-state index in [0.29, 0.717) is 12.9 Å². The molecule has 142 valence electrons. The van der Waals surface area contributed by atoms with Crippen molar-refractivity contribution in [2.24, 2.45) is 5.92 Å². The van der Waals surface area contributed by atoms with Crippen LogP contribution < -0.4 is 5.23 Å². The van der Waals surface area contributed by atoms with Gasteiger partial charge in [0.15, 0.2) is 0 Å². The van der Waals surface area contributed by atoms with Gasteiger partial charge in [0.25, 0.3) is 0 Å². The first-order valence-electron chi connectivity index (χ1n) is 10.8. The monoisotopic (exact) mass is 367 g/mol. The van der Waals surface area contributed by atoms with Crippen LogP contribution in [0.25, 0.3) is 0 Å². The Morgan fingerprint density at radius 1 is 1.12 bits per heavy atom. The third kappa shape index (κ3) is 4.72. The van der Waals surface area contributed by atoms with E-state index in [4.69, 9.17) is 0 Å². The van der Waals surface area contributed by atoms with Crippen LogP contribution in [0, 0.1) is 5.92 Å². The lowest BCUT2D eigenvalue weighted by molar-refractivity contribution is 0.411. The molecule has 1 aromatic rings. The summed E-state index contributed by atoms with van der Waals surface area (Å²) in [6, 6.07) is 11.5. The molecule has 0 amide bonds. The highest BCUT2D eigenvalue weighted by Gasteiger charge is 2.48. The Morgan fingerprint density at radius 2 is 1.73 bits per heavy atom. The zero-order chi connectivity index (χ0) is 18.7. The van der Waals surface area contributed by atoms with Crippen molar-refractivity contribution in [3.63, 3.8) is 0 Å². The van der Waals surface area contributed by atoms with Gasteiger partial charge in [0, 0.05) is 14.1 Å². The molecule has 0 radical (unpaired) electrons. The molecule has 2 atom stereocenters. The zero-order valence-electron chi connectivity index (χ0n) is 17.4. The van der Waals surface area contributed by atoms with Crippen molar-refractivity contribution in [2.75, 3.05) is 0 Å². The van der Waals surface area contributed by atoms with Crippen molar-refractivity contribution in [1.29, 1.82) is 0 Å². The minimum absolute atomic E-state index is 0.414. The highest BCUT2D eigenvalue weighted by molar-refractivity contribution is 6.89. The van der Waals surface area contributed by atoms with Crippen LogP contribution in [0.3, 0.4) is 0 Å². The third-order valence-corrected chi connectivity index (χ3v) is 9.68. The topological polar surface area (TPSA) is 12.0 Å². The highest BCUT2D eigenvalue weighted by Crippen LogP contribution is 2.50. The van der Waals surface area contributed by atoms with E-state index in [9.17, 15) is 0 Å². The summed E-state index contributed by atoms with van der Waals surface area (Å²) >= 11 is 0. The van der Waals surface area contributed by atoms with E-state index >= 15 is 0 Å². The lowest BCUT2D eigenvalue weighted by atomic mass is 9.46. The highest BCUT2D eigenvalue weighted by atomic mass is 28.3. The van der Waals surface area contributed by atoms with E-state index < -0.39 is 8.07 Å². The molecule has 1 nitrogen and oxygen atoms in total. The second-order valence-corrected chi connectivity index (χ2v) is 15.5. The quantitative estimate of drug-likeness (QED) is 0.427. The van der Waals surface area contributed by atoms with Crippen molar-refractivity contribution in [1.82, 2.24) is 5.23 Å². The molecule has 0 spiro atoms. The first-order chi connectivity index (χ1) is 12.4. The SMILES string of the molecule is C=C(C)C[C@@H](NB1C2CCCC(CCC2)[C@@H]1[Si](C)(C)C)c1ccccc1. The molecule has 0 aliphatic carbocycles.